The molecule has 0 bridgehead atoms. The maximum Gasteiger partial charge on any atom is 0.241 e. The van der Waals surface area contributed by atoms with Crippen LogP contribution in [-0.4, -0.2) is 12.5 Å². The Morgan fingerprint density at radius 2 is 2.05 bits per heavy atom. The molecule has 0 aliphatic heterocycles. The maximum absolute atomic E-state index is 13.8. The van der Waals surface area contributed by atoms with Crippen LogP contribution in [0.1, 0.15) is 30.7 Å². The Bertz CT molecular complexity index is 494. The number of benzene rings is 1. The van der Waals surface area contributed by atoms with E-state index in [-0.39, 0.29) is 12.0 Å². The number of carbonyl (C=O) groups excluding carboxylic acids is 1. The Morgan fingerprint density at radius 1 is 1.33 bits per heavy atom. The van der Waals surface area contributed by atoms with E-state index in [1.54, 1.807) is 0 Å². The molecule has 0 aromatic heterocycles. The molecule has 4 nitrogen and oxygen atoms in total. The zero-order chi connectivity index (χ0) is 15.8. The van der Waals surface area contributed by atoms with Crippen molar-refractivity contribution in [3.63, 3.8) is 0 Å². The van der Waals surface area contributed by atoms with Gasteiger partial charge in [0.15, 0.2) is 17.5 Å². The second kappa shape index (κ2) is 9.55. The van der Waals surface area contributed by atoms with Crippen LogP contribution in [0.15, 0.2) is 12.1 Å². The number of unbranched alkanes of at least 4 members (excludes halogenated alkanes) is 1. The minimum Gasteiger partial charge on any atom is -0.352 e. The van der Waals surface area contributed by atoms with Crippen LogP contribution in [0.2, 0.25) is 0 Å². The van der Waals surface area contributed by atoms with Crippen molar-refractivity contribution in [1.82, 2.24) is 5.43 Å². The van der Waals surface area contributed by atoms with E-state index < -0.39 is 29.3 Å². The molecule has 2 atom stereocenters. The summed E-state index contributed by atoms with van der Waals surface area (Å²) >= 11 is 2.09. The van der Waals surface area contributed by atoms with Crippen molar-refractivity contribution in [3.05, 3.63) is 35.1 Å². The molecule has 0 saturated heterocycles. The quantitative estimate of drug-likeness (QED) is 0.126. The van der Waals surface area contributed by atoms with Gasteiger partial charge < -0.3 is 4.52 Å². The molecule has 1 rings (SSSR count). The lowest BCUT2D eigenvalue weighted by molar-refractivity contribution is -0.122. The zero-order valence-corrected chi connectivity index (χ0v) is 14.1. The van der Waals surface area contributed by atoms with Gasteiger partial charge in [0.1, 0.15) is 0 Å². The van der Waals surface area contributed by atoms with Crippen molar-refractivity contribution in [1.29, 1.82) is 0 Å². The fourth-order valence-corrected chi connectivity index (χ4v) is 2.78. The number of hydrazine groups is 1. The lowest BCUT2D eigenvalue weighted by Gasteiger charge is -2.16. The average molecular weight is 434 g/mol. The van der Waals surface area contributed by atoms with E-state index in [1.165, 1.54) is 0 Å². The molecule has 118 valence electrons. The molecule has 3 N–H and O–H groups in total. The van der Waals surface area contributed by atoms with Crippen molar-refractivity contribution in [3.8, 4) is 0 Å². The number of hydrogen-bond acceptors (Lipinski definition) is 3. The van der Waals surface area contributed by atoms with Crippen LogP contribution in [0.4, 0.5) is 13.2 Å². The van der Waals surface area contributed by atoms with E-state index in [1.807, 2.05) is 5.43 Å². The van der Waals surface area contributed by atoms with Gasteiger partial charge in [-0.15, -0.1) is 0 Å². The minimum absolute atomic E-state index is 0.200. The zero-order valence-electron chi connectivity index (χ0n) is 11.0. The maximum atomic E-state index is 13.8. The summed E-state index contributed by atoms with van der Waals surface area (Å²) in [4.78, 5) is 11.7. The minimum atomic E-state index is -1.59. The average Bonchev–Trinajstić information content (AvgIpc) is 2.49. The summed E-state index contributed by atoms with van der Waals surface area (Å²) in [5.41, 5.74) is 1.72. The highest BCUT2D eigenvalue weighted by Crippen LogP contribution is 2.28. The summed E-state index contributed by atoms with van der Waals surface area (Å²) < 4.78 is 45.2. The largest absolute Gasteiger partial charge is 0.352 e. The number of carbonyl (C=O) groups is 1. The lowest BCUT2D eigenvalue weighted by atomic mass is 9.92. The van der Waals surface area contributed by atoms with E-state index >= 15 is 0 Å². The summed E-state index contributed by atoms with van der Waals surface area (Å²) in [5, 5.41) is 0. The number of amides is 1. The molecule has 9 heteroatoms. The monoisotopic (exact) mass is 434 g/mol. The van der Waals surface area contributed by atoms with Crippen LogP contribution in [0.3, 0.4) is 0 Å². The molecule has 0 spiro atoms. The SMILES string of the molecule is NNC(=O)C(CCCCOPI)c1ccc(F)c(F)c1F. The van der Waals surface area contributed by atoms with Gasteiger partial charge in [-0.3, -0.25) is 10.2 Å². The number of nitrogens with one attached hydrogen (secondary N) is 1. The van der Waals surface area contributed by atoms with Crippen LogP contribution >= 0.6 is 28.5 Å². The predicted octanol–water partition coefficient (Wildman–Crippen LogP) is 3.31. The molecule has 0 aliphatic carbocycles. The van der Waals surface area contributed by atoms with Gasteiger partial charge in [-0.1, -0.05) is 12.5 Å². The number of nitrogens with two attached hydrogens (primary N) is 1. The van der Waals surface area contributed by atoms with E-state index in [9.17, 15) is 18.0 Å². The van der Waals surface area contributed by atoms with Gasteiger partial charge >= 0.3 is 0 Å². The summed E-state index contributed by atoms with van der Waals surface area (Å²) in [6, 6.07) is 1.86. The summed E-state index contributed by atoms with van der Waals surface area (Å²) in [7, 11) is 0. The first-order chi connectivity index (χ1) is 10.0. The van der Waals surface area contributed by atoms with E-state index in [4.69, 9.17) is 10.4 Å². The van der Waals surface area contributed by atoms with Gasteiger partial charge in [0.25, 0.3) is 0 Å². The summed E-state index contributed by atoms with van der Waals surface area (Å²) in [6.07, 6.45) is 1.51. The molecular formula is C12H15F3IN2O2P. The highest BCUT2D eigenvalue weighted by Gasteiger charge is 2.25. The molecule has 0 radical (unpaired) electrons. The molecule has 2 unspecified atom stereocenters. The molecule has 0 aliphatic rings. The standard InChI is InChI=1S/C12H15F3IN2O2P/c13-9-5-4-7(10(14)11(9)15)8(12(19)18-17)3-1-2-6-20-21-16/h4-5,8,21H,1-3,6,17H2,(H,18,19). The first kappa shape index (κ1) is 18.6. The third kappa shape index (κ3) is 5.36. The normalized spacial score (nSPS) is 12.8. The third-order valence-electron chi connectivity index (χ3n) is 2.94. The molecule has 1 amide bonds. The number of rotatable bonds is 8. The molecule has 21 heavy (non-hydrogen) atoms. The van der Waals surface area contributed by atoms with Gasteiger partial charge in [-0.2, -0.15) is 0 Å². The predicted molar refractivity (Wildman–Crippen MR) is 83.5 cm³/mol. The number of hydrogen-bond donors (Lipinski definition) is 2. The molecule has 0 saturated carbocycles. The summed E-state index contributed by atoms with van der Waals surface area (Å²) in [6.45, 7) is 0.872. The van der Waals surface area contributed by atoms with Crippen molar-refractivity contribution in [2.24, 2.45) is 5.84 Å². The Labute approximate surface area is 135 Å². The first-order valence-electron chi connectivity index (χ1n) is 6.14. The van der Waals surface area contributed by atoms with Gasteiger partial charge in [0.2, 0.25) is 5.91 Å². The van der Waals surface area contributed by atoms with Crippen LogP contribution in [0.5, 0.6) is 0 Å². The Kier molecular flexibility index (Phi) is 8.46. The third-order valence-corrected chi connectivity index (χ3v) is 4.19. The van der Waals surface area contributed by atoms with Crippen molar-refractivity contribution in [2.45, 2.75) is 25.2 Å². The van der Waals surface area contributed by atoms with Crippen LogP contribution < -0.4 is 11.3 Å². The highest BCUT2D eigenvalue weighted by atomic mass is 127. The first-order valence-corrected chi connectivity index (χ1v) is 10.2. The van der Waals surface area contributed by atoms with Crippen molar-refractivity contribution >= 4 is 34.4 Å². The molecule has 1 aromatic rings. The fourth-order valence-electron chi connectivity index (χ4n) is 1.90. The smallest absolute Gasteiger partial charge is 0.241 e. The van der Waals surface area contributed by atoms with Gasteiger partial charge in [0.05, 0.1) is 19.0 Å². The van der Waals surface area contributed by atoms with E-state index in [2.05, 4.69) is 22.0 Å². The second-order valence-corrected chi connectivity index (χ2v) is 6.01. The van der Waals surface area contributed by atoms with Crippen molar-refractivity contribution in [2.75, 3.05) is 6.61 Å². The van der Waals surface area contributed by atoms with Crippen LogP contribution in [0, 0.1) is 17.5 Å². The highest BCUT2D eigenvalue weighted by molar-refractivity contribution is 14.2. The van der Waals surface area contributed by atoms with Crippen LogP contribution in [0.25, 0.3) is 0 Å². The summed E-state index contributed by atoms with van der Waals surface area (Å²) in [5.74, 6) is -0.773. The van der Waals surface area contributed by atoms with Gasteiger partial charge in [0, 0.05) is 5.56 Å². The lowest BCUT2D eigenvalue weighted by Crippen LogP contribution is -2.35. The second-order valence-electron chi connectivity index (χ2n) is 4.25. The van der Waals surface area contributed by atoms with Gasteiger partial charge in [-0.05, 0) is 40.9 Å². The molecule has 1 aromatic carbocycles. The number of halogens is 4. The van der Waals surface area contributed by atoms with E-state index in [0.717, 1.165) is 12.1 Å². The van der Waals surface area contributed by atoms with Crippen molar-refractivity contribution < 1.29 is 22.5 Å². The molecule has 0 heterocycles. The Hall–Kier alpha value is -0.440. The Morgan fingerprint density at radius 3 is 2.67 bits per heavy atom. The van der Waals surface area contributed by atoms with E-state index in [0.29, 0.717) is 25.9 Å². The topological polar surface area (TPSA) is 64.3 Å². The molecule has 0 fully saturated rings. The Balaban J connectivity index is 2.83. The fraction of sp³-hybridized carbons (Fsp3) is 0.417. The van der Waals surface area contributed by atoms with Gasteiger partial charge in [-0.25, -0.2) is 19.0 Å². The molecular weight excluding hydrogens is 419 g/mol. The van der Waals surface area contributed by atoms with Crippen LogP contribution in [-0.2, 0) is 9.32 Å².